The van der Waals surface area contributed by atoms with Crippen LogP contribution in [0.15, 0.2) is 0 Å². The van der Waals surface area contributed by atoms with E-state index < -0.39 is 0 Å². The van der Waals surface area contributed by atoms with Crippen LogP contribution in [0.1, 0.15) is 107 Å². The van der Waals surface area contributed by atoms with Crippen molar-refractivity contribution in [2.24, 2.45) is 11.8 Å². The molecule has 4 fully saturated rings. The molecule has 3 saturated heterocycles. The van der Waals surface area contributed by atoms with Crippen LogP contribution in [-0.4, -0.2) is 68.4 Å². The largest absolute Gasteiger partial charge is 0.337 e. The summed E-state index contributed by atoms with van der Waals surface area (Å²) in [6.07, 6.45) is 9.83. The SMILES string of the molecule is CC1CCCN1C(C)(C)CC1CCN(C(C)(C)CC2CC23CCCN3C(C)(C)C)C1=O. The average molecular weight is 432 g/mol. The van der Waals surface area contributed by atoms with E-state index in [-0.39, 0.29) is 22.5 Å². The third-order valence-corrected chi connectivity index (χ3v) is 9.41. The summed E-state index contributed by atoms with van der Waals surface area (Å²) in [5.74, 6) is 1.38. The van der Waals surface area contributed by atoms with Crippen LogP contribution in [0, 0.1) is 11.8 Å². The molecule has 4 unspecified atom stereocenters. The van der Waals surface area contributed by atoms with Gasteiger partial charge in [0.25, 0.3) is 0 Å². The lowest BCUT2D eigenvalue weighted by atomic mass is 9.87. The molecular formula is C27H49N3O. The van der Waals surface area contributed by atoms with Crippen molar-refractivity contribution >= 4 is 5.91 Å². The van der Waals surface area contributed by atoms with Crippen LogP contribution in [0.5, 0.6) is 0 Å². The highest BCUT2D eigenvalue weighted by Gasteiger charge is 2.63. The Labute approximate surface area is 192 Å². The third-order valence-electron chi connectivity index (χ3n) is 9.41. The first kappa shape index (κ1) is 23.5. The summed E-state index contributed by atoms with van der Waals surface area (Å²) < 4.78 is 0. The second-order valence-corrected chi connectivity index (χ2v) is 13.6. The van der Waals surface area contributed by atoms with Gasteiger partial charge in [-0.3, -0.25) is 14.6 Å². The van der Waals surface area contributed by atoms with Gasteiger partial charge in [0, 0.05) is 40.7 Å². The molecule has 4 rings (SSSR count). The van der Waals surface area contributed by atoms with Crippen LogP contribution in [-0.2, 0) is 4.79 Å². The average Bonchev–Trinajstić information content (AvgIpc) is 3.02. The molecule has 4 nitrogen and oxygen atoms in total. The van der Waals surface area contributed by atoms with E-state index in [4.69, 9.17) is 0 Å². The molecule has 1 amide bonds. The molecule has 0 aromatic rings. The molecule has 1 aliphatic carbocycles. The molecule has 1 saturated carbocycles. The van der Waals surface area contributed by atoms with E-state index in [9.17, 15) is 4.79 Å². The predicted molar refractivity (Wildman–Crippen MR) is 129 cm³/mol. The number of hydrogen-bond acceptors (Lipinski definition) is 3. The van der Waals surface area contributed by atoms with Crippen LogP contribution in [0.4, 0.5) is 0 Å². The molecule has 0 radical (unpaired) electrons. The fourth-order valence-corrected chi connectivity index (χ4v) is 7.97. The normalized spacial score (nSPS) is 35.7. The zero-order valence-corrected chi connectivity index (χ0v) is 21.8. The Morgan fingerprint density at radius 3 is 2.23 bits per heavy atom. The van der Waals surface area contributed by atoms with Gasteiger partial charge in [-0.1, -0.05) is 0 Å². The van der Waals surface area contributed by atoms with Crippen LogP contribution < -0.4 is 0 Å². The Balaban J connectivity index is 1.38. The standard InChI is InChI=1S/C27H49N3O/c1-20-11-9-14-28(20)25(5,6)17-21-12-16-29(23(21)31)26(7,8)18-22-19-27(22)13-10-15-30(27)24(2,3)4/h20-22H,9-19H2,1-8H3. The molecule has 3 aliphatic heterocycles. The first-order valence-corrected chi connectivity index (χ1v) is 13.1. The van der Waals surface area contributed by atoms with Crippen molar-refractivity contribution in [1.82, 2.24) is 14.7 Å². The number of nitrogens with zero attached hydrogens (tertiary/aromatic N) is 3. The molecule has 4 aliphatic rings. The van der Waals surface area contributed by atoms with E-state index in [2.05, 4.69) is 70.1 Å². The Morgan fingerprint density at radius 2 is 1.61 bits per heavy atom. The molecule has 4 atom stereocenters. The lowest BCUT2D eigenvalue weighted by Gasteiger charge is -2.41. The highest BCUT2D eigenvalue weighted by molar-refractivity contribution is 5.81. The fraction of sp³-hybridized carbons (Fsp3) is 0.963. The van der Waals surface area contributed by atoms with Gasteiger partial charge >= 0.3 is 0 Å². The first-order chi connectivity index (χ1) is 14.3. The molecule has 0 bridgehead atoms. The zero-order valence-electron chi connectivity index (χ0n) is 21.8. The van der Waals surface area contributed by atoms with E-state index in [1.165, 1.54) is 45.2 Å². The Morgan fingerprint density at radius 1 is 0.903 bits per heavy atom. The maximum atomic E-state index is 13.6. The second kappa shape index (κ2) is 7.72. The van der Waals surface area contributed by atoms with E-state index in [1.807, 2.05) is 0 Å². The Hall–Kier alpha value is -0.610. The topological polar surface area (TPSA) is 26.8 Å². The molecule has 1 spiro atoms. The number of rotatable bonds is 6. The molecule has 178 valence electrons. The van der Waals surface area contributed by atoms with Gasteiger partial charge in [-0.15, -0.1) is 0 Å². The monoisotopic (exact) mass is 431 g/mol. The van der Waals surface area contributed by atoms with Crippen molar-refractivity contribution in [3.8, 4) is 0 Å². The number of likely N-dealkylation sites (tertiary alicyclic amines) is 3. The third kappa shape index (κ3) is 4.21. The summed E-state index contributed by atoms with van der Waals surface area (Å²) in [7, 11) is 0. The summed E-state index contributed by atoms with van der Waals surface area (Å²) in [5.41, 5.74) is 0.763. The van der Waals surface area contributed by atoms with Crippen molar-refractivity contribution in [3.05, 3.63) is 0 Å². The molecular weight excluding hydrogens is 382 g/mol. The fourth-order valence-electron chi connectivity index (χ4n) is 7.97. The highest BCUT2D eigenvalue weighted by atomic mass is 16.2. The zero-order chi connectivity index (χ0) is 22.8. The van der Waals surface area contributed by atoms with Gasteiger partial charge in [-0.25, -0.2) is 0 Å². The van der Waals surface area contributed by atoms with Crippen molar-refractivity contribution in [3.63, 3.8) is 0 Å². The summed E-state index contributed by atoms with van der Waals surface area (Å²) in [4.78, 5) is 21.3. The molecule has 0 aromatic heterocycles. The van der Waals surface area contributed by atoms with Gasteiger partial charge in [-0.2, -0.15) is 0 Å². The van der Waals surface area contributed by atoms with Crippen molar-refractivity contribution in [1.29, 1.82) is 0 Å². The van der Waals surface area contributed by atoms with Crippen molar-refractivity contribution in [2.75, 3.05) is 19.6 Å². The predicted octanol–water partition coefficient (Wildman–Crippen LogP) is 5.31. The van der Waals surface area contributed by atoms with E-state index in [0.29, 0.717) is 17.5 Å². The molecule has 31 heavy (non-hydrogen) atoms. The Bertz CT molecular complexity index is 693. The summed E-state index contributed by atoms with van der Waals surface area (Å²) in [6, 6.07) is 0.655. The second-order valence-electron chi connectivity index (χ2n) is 13.6. The van der Waals surface area contributed by atoms with Crippen LogP contribution >= 0.6 is 0 Å². The number of carbonyl (C=O) groups is 1. The van der Waals surface area contributed by atoms with Gasteiger partial charge in [-0.05, 0) is 126 Å². The summed E-state index contributed by atoms with van der Waals surface area (Å²) in [6.45, 7) is 22.3. The maximum absolute atomic E-state index is 13.6. The molecule has 4 heteroatoms. The van der Waals surface area contributed by atoms with Gasteiger partial charge in [0.15, 0.2) is 0 Å². The van der Waals surface area contributed by atoms with Gasteiger partial charge < -0.3 is 4.90 Å². The Kier molecular flexibility index (Phi) is 5.86. The lowest BCUT2D eigenvalue weighted by Crippen LogP contribution is -2.50. The van der Waals surface area contributed by atoms with Crippen LogP contribution in [0.25, 0.3) is 0 Å². The summed E-state index contributed by atoms with van der Waals surface area (Å²) >= 11 is 0. The van der Waals surface area contributed by atoms with Crippen molar-refractivity contribution < 1.29 is 4.79 Å². The van der Waals surface area contributed by atoms with E-state index in [1.54, 1.807) is 0 Å². The number of carbonyl (C=O) groups excluding carboxylic acids is 1. The van der Waals surface area contributed by atoms with Crippen LogP contribution in [0.2, 0.25) is 0 Å². The number of amides is 1. The minimum Gasteiger partial charge on any atom is -0.337 e. The minimum atomic E-state index is -0.0305. The summed E-state index contributed by atoms with van der Waals surface area (Å²) in [5, 5.41) is 0. The highest BCUT2D eigenvalue weighted by Crippen LogP contribution is 2.60. The van der Waals surface area contributed by atoms with E-state index >= 15 is 0 Å². The molecule has 3 heterocycles. The van der Waals surface area contributed by atoms with E-state index in [0.717, 1.165) is 31.7 Å². The molecule has 0 N–H and O–H groups in total. The quantitative estimate of drug-likeness (QED) is 0.570. The van der Waals surface area contributed by atoms with Gasteiger partial charge in [0.05, 0.1) is 0 Å². The maximum Gasteiger partial charge on any atom is 0.226 e. The van der Waals surface area contributed by atoms with Gasteiger partial charge in [0.2, 0.25) is 5.91 Å². The van der Waals surface area contributed by atoms with Crippen molar-refractivity contribution in [2.45, 2.75) is 135 Å². The first-order valence-electron chi connectivity index (χ1n) is 13.1. The number of hydrogen-bond donors (Lipinski definition) is 0. The van der Waals surface area contributed by atoms with Gasteiger partial charge in [0.1, 0.15) is 0 Å². The van der Waals surface area contributed by atoms with Crippen LogP contribution in [0.3, 0.4) is 0 Å². The molecule has 0 aromatic carbocycles. The minimum absolute atomic E-state index is 0.0305. The lowest BCUT2D eigenvalue weighted by molar-refractivity contribution is -0.137. The smallest absolute Gasteiger partial charge is 0.226 e.